The zero-order valence-electron chi connectivity index (χ0n) is 11.5. The molecule has 4 rings (SSSR count). The number of benzene rings is 1. The molecule has 0 unspecified atom stereocenters. The summed E-state index contributed by atoms with van der Waals surface area (Å²) < 4.78 is 14.2. The summed E-state index contributed by atoms with van der Waals surface area (Å²) in [5, 5.41) is 4.45. The molecule has 0 atom stereocenters. The molecule has 1 aromatic carbocycles. The molecule has 0 radical (unpaired) electrons. The third-order valence-electron chi connectivity index (χ3n) is 4.00. The van der Waals surface area contributed by atoms with Crippen molar-refractivity contribution < 1.29 is 4.39 Å². The van der Waals surface area contributed by atoms with Crippen LogP contribution in [0, 0.1) is 5.82 Å². The number of thiazole rings is 1. The van der Waals surface area contributed by atoms with Crippen LogP contribution >= 0.6 is 22.9 Å². The lowest BCUT2D eigenvalue weighted by molar-refractivity contribution is 0.631. The molecule has 1 heterocycles. The van der Waals surface area contributed by atoms with Crippen LogP contribution in [0.4, 0.5) is 4.39 Å². The SMILES string of the molecule is Fc1c(Cl)cccc1-c1nc(C2CC2)c(CNC2CC2)s1. The van der Waals surface area contributed by atoms with Crippen molar-refractivity contribution in [1.82, 2.24) is 10.3 Å². The second kappa shape index (κ2) is 5.34. The zero-order chi connectivity index (χ0) is 14.4. The lowest BCUT2D eigenvalue weighted by atomic mass is 10.2. The molecule has 0 saturated heterocycles. The molecular weight excluding hydrogens is 307 g/mol. The monoisotopic (exact) mass is 322 g/mol. The number of halogens is 2. The van der Waals surface area contributed by atoms with Crippen molar-refractivity contribution in [2.24, 2.45) is 0 Å². The predicted octanol–water partition coefficient (Wildman–Crippen LogP) is 4.73. The first-order valence-corrected chi connectivity index (χ1v) is 8.59. The number of rotatable bonds is 5. The number of aromatic nitrogens is 1. The molecule has 1 N–H and O–H groups in total. The molecule has 2 fully saturated rings. The topological polar surface area (TPSA) is 24.9 Å². The van der Waals surface area contributed by atoms with Gasteiger partial charge in [0, 0.05) is 28.9 Å². The summed E-state index contributed by atoms with van der Waals surface area (Å²) in [5.74, 6) is 0.213. The van der Waals surface area contributed by atoms with Gasteiger partial charge in [-0.1, -0.05) is 17.7 Å². The summed E-state index contributed by atoms with van der Waals surface area (Å²) in [7, 11) is 0. The Labute approximate surface area is 132 Å². The Hall–Kier alpha value is -0.970. The second-order valence-corrected chi connectivity index (χ2v) is 7.35. The fraction of sp³-hybridized carbons (Fsp3) is 0.438. The van der Waals surface area contributed by atoms with Crippen LogP contribution in [0.25, 0.3) is 10.6 Å². The Morgan fingerprint density at radius 3 is 2.81 bits per heavy atom. The van der Waals surface area contributed by atoms with Crippen LogP contribution in [0.5, 0.6) is 0 Å². The van der Waals surface area contributed by atoms with Crippen molar-refractivity contribution in [2.75, 3.05) is 0 Å². The van der Waals surface area contributed by atoms with Gasteiger partial charge in [-0.2, -0.15) is 0 Å². The van der Waals surface area contributed by atoms with E-state index in [4.69, 9.17) is 16.6 Å². The maximum atomic E-state index is 14.2. The van der Waals surface area contributed by atoms with E-state index >= 15 is 0 Å². The summed E-state index contributed by atoms with van der Waals surface area (Å²) in [6, 6.07) is 5.78. The predicted molar refractivity (Wildman–Crippen MR) is 84.4 cm³/mol. The van der Waals surface area contributed by atoms with Gasteiger partial charge in [-0.15, -0.1) is 11.3 Å². The molecule has 0 aliphatic heterocycles. The minimum atomic E-state index is -0.364. The van der Waals surface area contributed by atoms with Crippen LogP contribution in [0.2, 0.25) is 5.02 Å². The van der Waals surface area contributed by atoms with Gasteiger partial charge in [-0.25, -0.2) is 9.37 Å². The van der Waals surface area contributed by atoms with Crippen molar-refractivity contribution in [3.63, 3.8) is 0 Å². The van der Waals surface area contributed by atoms with Crippen molar-refractivity contribution in [2.45, 2.75) is 44.2 Å². The number of nitrogens with one attached hydrogen (secondary N) is 1. The fourth-order valence-electron chi connectivity index (χ4n) is 2.47. The Kier molecular flexibility index (Phi) is 3.48. The standard InChI is InChI=1S/C16H16ClFN2S/c17-12-3-1-2-11(14(12)18)16-20-15(9-4-5-9)13(21-16)8-19-10-6-7-10/h1-3,9-10,19H,4-8H2. The largest absolute Gasteiger partial charge is 0.309 e. The average Bonchev–Trinajstić information content (AvgIpc) is 3.39. The molecular formula is C16H16ClFN2S. The second-order valence-electron chi connectivity index (χ2n) is 5.86. The third kappa shape index (κ3) is 2.85. The van der Waals surface area contributed by atoms with E-state index in [0.29, 0.717) is 17.5 Å². The van der Waals surface area contributed by atoms with E-state index < -0.39 is 0 Å². The van der Waals surface area contributed by atoms with E-state index in [-0.39, 0.29) is 10.8 Å². The van der Waals surface area contributed by atoms with Gasteiger partial charge < -0.3 is 5.32 Å². The molecule has 2 nitrogen and oxygen atoms in total. The molecule has 2 saturated carbocycles. The summed E-state index contributed by atoms with van der Waals surface area (Å²) in [4.78, 5) is 5.99. The number of nitrogens with zero attached hydrogens (tertiary/aromatic N) is 1. The first-order valence-electron chi connectivity index (χ1n) is 7.39. The highest BCUT2D eigenvalue weighted by atomic mass is 35.5. The van der Waals surface area contributed by atoms with Crippen LogP contribution in [0.1, 0.15) is 42.2 Å². The minimum absolute atomic E-state index is 0.160. The highest BCUT2D eigenvalue weighted by molar-refractivity contribution is 7.15. The molecule has 0 bridgehead atoms. The highest BCUT2D eigenvalue weighted by Crippen LogP contribution is 2.44. The quantitative estimate of drug-likeness (QED) is 0.860. The maximum Gasteiger partial charge on any atom is 0.152 e. The summed E-state index contributed by atoms with van der Waals surface area (Å²) >= 11 is 7.49. The van der Waals surface area contributed by atoms with E-state index in [0.717, 1.165) is 11.6 Å². The summed E-state index contributed by atoms with van der Waals surface area (Å²) in [6.45, 7) is 0.857. The Bertz CT molecular complexity index is 677. The van der Waals surface area contributed by atoms with E-state index in [1.54, 1.807) is 29.5 Å². The van der Waals surface area contributed by atoms with Gasteiger partial charge in [-0.3, -0.25) is 0 Å². The van der Waals surface area contributed by atoms with E-state index in [1.165, 1.54) is 36.3 Å². The third-order valence-corrected chi connectivity index (χ3v) is 5.40. The van der Waals surface area contributed by atoms with Gasteiger partial charge in [0.25, 0.3) is 0 Å². The normalized spacial score (nSPS) is 18.2. The van der Waals surface area contributed by atoms with Gasteiger partial charge in [0.2, 0.25) is 0 Å². The van der Waals surface area contributed by atoms with Crippen LogP contribution in [0.15, 0.2) is 18.2 Å². The van der Waals surface area contributed by atoms with E-state index in [9.17, 15) is 4.39 Å². The highest BCUT2D eigenvalue weighted by Gasteiger charge is 2.31. The van der Waals surface area contributed by atoms with Gasteiger partial charge in [0.15, 0.2) is 5.82 Å². The first-order chi connectivity index (χ1) is 10.2. The first kappa shape index (κ1) is 13.7. The molecule has 1 aromatic heterocycles. The number of hydrogen-bond acceptors (Lipinski definition) is 3. The van der Waals surface area contributed by atoms with Crippen LogP contribution < -0.4 is 5.32 Å². The van der Waals surface area contributed by atoms with Crippen molar-refractivity contribution in [3.05, 3.63) is 39.6 Å². The summed E-state index contributed by atoms with van der Waals surface area (Å²) in [5.41, 5.74) is 1.69. The van der Waals surface area contributed by atoms with Crippen LogP contribution in [0.3, 0.4) is 0 Å². The molecule has 2 aromatic rings. The smallest absolute Gasteiger partial charge is 0.152 e. The van der Waals surface area contributed by atoms with Crippen molar-refractivity contribution in [3.8, 4) is 10.6 Å². The number of hydrogen-bond donors (Lipinski definition) is 1. The Balaban J connectivity index is 1.68. The zero-order valence-corrected chi connectivity index (χ0v) is 13.1. The van der Waals surface area contributed by atoms with E-state index in [1.807, 2.05) is 0 Å². The molecule has 0 spiro atoms. The lowest BCUT2D eigenvalue weighted by Gasteiger charge is -2.01. The van der Waals surface area contributed by atoms with Crippen molar-refractivity contribution >= 4 is 22.9 Å². The van der Waals surface area contributed by atoms with Crippen LogP contribution in [-0.4, -0.2) is 11.0 Å². The summed E-state index contributed by atoms with van der Waals surface area (Å²) in [6.07, 6.45) is 4.95. The lowest BCUT2D eigenvalue weighted by Crippen LogP contribution is -2.15. The van der Waals surface area contributed by atoms with Crippen LogP contribution in [-0.2, 0) is 6.54 Å². The fourth-order valence-corrected chi connectivity index (χ4v) is 3.77. The van der Waals surface area contributed by atoms with Crippen molar-refractivity contribution in [1.29, 1.82) is 0 Å². The Morgan fingerprint density at radius 2 is 2.10 bits per heavy atom. The Morgan fingerprint density at radius 1 is 1.29 bits per heavy atom. The molecule has 0 amide bonds. The molecule has 5 heteroatoms. The van der Waals surface area contributed by atoms with E-state index in [2.05, 4.69) is 5.32 Å². The molecule has 21 heavy (non-hydrogen) atoms. The molecule has 110 valence electrons. The maximum absolute atomic E-state index is 14.2. The average molecular weight is 323 g/mol. The van der Waals surface area contributed by atoms with Gasteiger partial charge in [0.1, 0.15) is 5.01 Å². The molecule has 2 aliphatic carbocycles. The van der Waals surface area contributed by atoms with Gasteiger partial charge >= 0.3 is 0 Å². The van der Waals surface area contributed by atoms with Gasteiger partial charge in [0.05, 0.1) is 10.7 Å². The van der Waals surface area contributed by atoms with Gasteiger partial charge in [-0.05, 0) is 37.8 Å². The molecule has 2 aliphatic rings. The minimum Gasteiger partial charge on any atom is -0.309 e.